The predicted molar refractivity (Wildman–Crippen MR) is 51.3 cm³/mol. The van der Waals surface area contributed by atoms with Crippen molar-refractivity contribution in [3.63, 3.8) is 0 Å². The summed E-state index contributed by atoms with van der Waals surface area (Å²) in [5.74, 6) is 0. The third-order valence-electron chi connectivity index (χ3n) is 1.71. The number of unbranched alkanes of at least 4 members (excludes halogenated alkanes) is 1. The van der Waals surface area contributed by atoms with Gasteiger partial charge in [0.2, 0.25) is 0 Å². The first-order valence-corrected chi connectivity index (χ1v) is 4.56. The van der Waals surface area contributed by atoms with Crippen LogP contribution in [-0.2, 0) is 9.47 Å². The summed E-state index contributed by atoms with van der Waals surface area (Å²) in [4.78, 5) is 0. The number of ether oxygens (including phenoxy) is 2. The van der Waals surface area contributed by atoms with E-state index in [1.807, 2.05) is 6.08 Å². The van der Waals surface area contributed by atoms with Crippen LogP contribution in [0.5, 0.6) is 0 Å². The van der Waals surface area contributed by atoms with Gasteiger partial charge in [0.05, 0.1) is 12.7 Å². The van der Waals surface area contributed by atoms with Crippen molar-refractivity contribution in [1.29, 1.82) is 0 Å². The number of hydrogen-bond acceptors (Lipinski definition) is 2. The molecule has 0 aliphatic carbocycles. The van der Waals surface area contributed by atoms with Gasteiger partial charge >= 0.3 is 0 Å². The first-order valence-electron chi connectivity index (χ1n) is 4.56. The normalized spacial score (nSPS) is 12.8. The highest BCUT2D eigenvalue weighted by Crippen LogP contribution is 1.99. The van der Waals surface area contributed by atoms with Gasteiger partial charge in [-0.2, -0.15) is 0 Å². The van der Waals surface area contributed by atoms with E-state index in [0.29, 0.717) is 6.61 Å². The molecule has 0 unspecified atom stereocenters. The van der Waals surface area contributed by atoms with Gasteiger partial charge in [0.15, 0.2) is 0 Å². The highest BCUT2D eigenvalue weighted by Gasteiger charge is 2.03. The monoisotopic (exact) mass is 172 g/mol. The Bertz CT molecular complexity index is 102. The van der Waals surface area contributed by atoms with Crippen molar-refractivity contribution < 1.29 is 9.47 Å². The fraction of sp³-hybridized carbons (Fsp3) is 0.800. The topological polar surface area (TPSA) is 18.5 Å². The molecule has 12 heavy (non-hydrogen) atoms. The van der Waals surface area contributed by atoms with E-state index in [1.165, 1.54) is 6.42 Å². The molecule has 0 aromatic carbocycles. The van der Waals surface area contributed by atoms with Crippen molar-refractivity contribution in [1.82, 2.24) is 0 Å². The Morgan fingerprint density at radius 2 is 2.25 bits per heavy atom. The summed E-state index contributed by atoms with van der Waals surface area (Å²) in [5, 5.41) is 0. The van der Waals surface area contributed by atoms with Crippen LogP contribution in [0.1, 0.15) is 26.2 Å². The van der Waals surface area contributed by atoms with Gasteiger partial charge in [-0.25, -0.2) is 0 Å². The van der Waals surface area contributed by atoms with Gasteiger partial charge in [-0.15, -0.1) is 6.58 Å². The number of methoxy groups -OCH3 is 1. The molecule has 0 rings (SSSR count). The second-order valence-corrected chi connectivity index (χ2v) is 2.81. The highest BCUT2D eigenvalue weighted by atomic mass is 16.5. The Morgan fingerprint density at radius 1 is 1.50 bits per heavy atom. The number of rotatable bonds is 8. The first kappa shape index (κ1) is 11.7. The van der Waals surface area contributed by atoms with Gasteiger partial charge < -0.3 is 9.47 Å². The number of hydrogen-bond donors (Lipinski definition) is 0. The second-order valence-electron chi connectivity index (χ2n) is 2.81. The SMILES string of the molecule is C=CC[C@@H](COCCCC)OC. The second kappa shape index (κ2) is 8.75. The van der Waals surface area contributed by atoms with E-state index < -0.39 is 0 Å². The maximum absolute atomic E-state index is 5.41. The molecule has 0 radical (unpaired) electrons. The third kappa shape index (κ3) is 6.38. The molecule has 0 saturated heterocycles. The molecule has 1 atom stereocenters. The Hall–Kier alpha value is -0.340. The third-order valence-corrected chi connectivity index (χ3v) is 1.71. The van der Waals surface area contributed by atoms with Crippen molar-refractivity contribution >= 4 is 0 Å². The zero-order valence-corrected chi connectivity index (χ0v) is 8.21. The van der Waals surface area contributed by atoms with Crippen LogP contribution in [-0.4, -0.2) is 26.4 Å². The predicted octanol–water partition coefficient (Wildman–Crippen LogP) is 2.39. The molecule has 0 heterocycles. The zero-order valence-electron chi connectivity index (χ0n) is 8.21. The minimum absolute atomic E-state index is 0.180. The molecule has 2 nitrogen and oxygen atoms in total. The van der Waals surface area contributed by atoms with E-state index in [0.717, 1.165) is 19.4 Å². The van der Waals surface area contributed by atoms with Crippen LogP contribution in [0.25, 0.3) is 0 Å². The van der Waals surface area contributed by atoms with E-state index in [4.69, 9.17) is 9.47 Å². The molecule has 0 aromatic heterocycles. The minimum Gasteiger partial charge on any atom is -0.379 e. The van der Waals surface area contributed by atoms with Gasteiger partial charge in [0.1, 0.15) is 0 Å². The molecule has 0 fully saturated rings. The maximum Gasteiger partial charge on any atom is 0.0838 e. The molecule has 0 saturated carbocycles. The molecule has 0 spiro atoms. The summed E-state index contributed by atoms with van der Waals surface area (Å²) in [5.41, 5.74) is 0. The Labute approximate surface area is 75.6 Å². The fourth-order valence-electron chi connectivity index (χ4n) is 0.879. The summed E-state index contributed by atoms with van der Waals surface area (Å²) in [6, 6.07) is 0. The molecule has 0 aliphatic rings. The maximum atomic E-state index is 5.41. The van der Waals surface area contributed by atoms with Crippen LogP contribution >= 0.6 is 0 Å². The van der Waals surface area contributed by atoms with E-state index in [2.05, 4.69) is 13.5 Å². The van der Waals surface area contributed by atoms with Crippen LogP contribution in [0, 0.1) is 0 Å². The van der Waals surface area contributed by atoms with E-state index in [1.54, 1.807) is 7.11 Å². The van der Waals surface area contributed by atoms with Gasteiger partial charge in [-0.3, -0.25) is 0 Å². The molecule has 2 heteroatoms. The van der Waals surface area contributed by atoms with Crippen LogP contribution in [0.2, 0.25) is 0 Å². The molecule has 0 N–H and O–H groups in total. The molecule has 0 aromatic rings. The van der Waals surface area contributed by atoms with Gasteiger partial charge in [-0.05, 0) is 12.8 Å². The molecular weight excluding hydrogens is 152 g/mol. The smallest absolute Gasteiger partial charge is 0.0838 e. The van der Waals surface area contributed by atoms with Crippen LogP contribution in [0.15, 0.2) is 12.7 Å². The van der Waals surface area contributed by atoms with E-state index in [-0.39, 0.29) is 6.10 Å². The molecule has 0 aliphatic heterocycles. The highest BCUT2D eigenvalue weighted by molar-refractivity contribution is 4.72. The van der Waals surface area contributed by atoms with E-state index in [9.17, 15) is 0 Å². The van der Waals surface area contributed by atoms with Gasteiger partial charge in [0, 0.05) is 13.7 Å². The minimum atomic E-state index is 0.180. The first-order chi connectivity index (χ1) is 5.85. The quantitative estimate of drug-likeness (QED) is 0.413. The molecular formula is C10H20O2. The van der Waals surface area contributed by atoms with Crippen molar-refractivity contribution in [3.05, 3.63) is 12.7 Å². The molecule has 0 amide bonds. The van der Waals surface area contributed by atoms with Crippen molar-refractivity contribution in [3.8, 4) is 0 Å². The summed E-state index contributed by atoms with van der Waals surface area (Å²) in [7, 11) is 1.71. The van der Waals surface area contributed by atoms with Crippen LogP contribution in [0.3, 0.4) is 0 Å². The zero-order chi connectivity index (χ0) is 9.23. The molecule has 0 bridgehead atoms. The molecule has 72 valence electrons. The van der Waals surface area contributed by atoms with Gasteiger partial charge in [0.25, 0.3) is 0 Å². The van der Waals surface area contributed by atoms with Crippen molar-refractivity contribution in [2.24, 2.45) is 0 Å². The Kier molecular flexibility index (Phi) is 8.51. The van der Waals surface area contributed by atoms with Crippen molar-refractivity contribution in [2.45, 2.75) is 32.3 Å². The Morgan fingerprint density at radius 3 is 2.75 bits per heavy atom. The van der Waals surface area contributed by atoms with Crippen LogP contribution < -0.4 is 0 Å². The summed E-state index contributed by atoms with van der Waals surface area (Å²) < 4.78 is 10.6. The standard InChI is InChI=1S/C10H20O2/c1-4-6-8-12-9-10(11-3)7-5-2/h5,10H,2,4,6-9H2,1,3H3/t10-/m0/s1. The average Bonchev–Trinajstić information content (AvgIpc) is 2.10. The summed E-state index contributed by atoms with van der Waals surface area (Å²) in [6.45, 7) is 7.33. The lowest BCUT2D eigenvalue weighted by molar-refractivity contribution is 0.00961. The Balaban J connectivity index is 3.25. The fourth-order valence-corrected chi connectivity index (χ4v) is 0.879. The lowest BCUT2D eigenvalue weighted by atomic mass is 10.2. The summed E-state index contributed by atoms with van der Waals surface area (Å²) >= 11 is 0. The lowest BCUT2D eigenvalue weighted by Crippen LogP contribution is -2.17. The summed E-state index contributed by atoms with van der Waals surface area (Å²) in [6.07, 6.45) is 5.21. The van der Waals surface area contributed by atoms with Gasteiger partial charge in [-0.1, -0.05) is 19.4 Å². The lowest BCUT2D eigenvalue weighted by Gasteiger charge is -2.12. The average molecular weight is 172 g/mol. The largest absolute Gasteiger partial charge is 0.379 e. The van der Waals surface area contributed by atoms with Crippen LogP contribution in [0.4, 0.5) is 0 Å². The van der Waals surface area contributed by atoms with E-state index >= 15 is 0 Å². The van der Waals surface area contributed by atoms with Crippen molar-refractivity contribution in [2.75, 3.05) is 20.3 Å².